The molecule has 0 aliphatic carbocycles. The van der Waals surface area contributed by atoms with Crippen molar-refractivity contribution < 1.29 is 4.79 Å². The van der Waals surface area contributed by atoms with Gasteiger partial charge in [-0.3, -0.25) is 14.7 Å². The zero-order chi connectivity index (χ0) is 11.7. The van der Waals surface area contributed by atoms with Crippen LogP contribution in [0.15, 0.2) is 24.4 Å². The second kappa shape index (κ2) is 4.57. The Hall–Kier alpha value is -1.22. The Morgan fingerprint density at radius 3 is 2.94 bits per heavy atom. The van der Waals surface area contributed by atoms with Crippen LogP contribution in [-0.4, -0.2) is 34.8 Å². The fraction of sp³-hybridized carbons (Fsp3) is 0.571. The summed E-state index contributed by atoms with van der Waals surface area (Å²) in [7, 11) is 0. The molecular weight excluding hydrogens is 212 g/mol. The van der Waals surface area contributed by atoms with Gasteiger partial charge >= 0.3 is 0 Å². The van der Waals surface area contributed by atoms with Crippen LogP contribution in [0.1, 0.15) is 37.3 Å². The summed E-state index contributed by atoms with van der Waals surface area (Å²) in [6.07, 6.45) is 5.91. The molecule has 2 unspecified atom stereocenters. The van der Waals surface area contributed by atoms with E-state index in [0.29, 0.717) is 11.7 Å². The molecule has 90 valence electrons. The van der Waals surface area contributed by atoms with Crippen LogP contribution in [-0.2, 0) is 4.79 Å². The molecular formula is C14H18N2O. The number of nitrogens with zero attached hydrogens (tertiary/aromatic N) is 2. The highest BCUT2D eigenvalue weighted by Crippen LogP contribution is 2.34. The molecule has 0 radical (unpaired) electrons. The van der Waals surface area contributed by atoms with Crippen LogP contribution < -0.4 is 0 Å². The summed E-state index contributed by atoms with van der Waals surface area (Å²) in [6, 6.07) is 6.13. The van der Waals surface area contributed by atoms with Crippen molar-refractivity contribution in [2.45, 2.75) is 37.6 Å². The maximum Gasteiger partial charge on any atom is 0.150 e. The van der Waals surface area contributed by atoms with Crippen LogP contribution >= 0.6 is 0 Å². The molecule has 0 amide bonds. The number of aromatic nitrogens is 1. The normalized spacial score (nSPS) is 30.0. The number of fused-ring (bicyclic) bond motifs is 1. The zero-order valence-corrected chi connectivity index (χ0v) is 10.0. The van der Waals surface area contributed by atoms with Gasteiger partial charge in [0.25, 0.3) is 0 Å². The lowest BCUT2D eigenvalue weighted by Crippen LogP contribution is -2.52. The number of hydrogen-bond acceptors (Lipinski definition) is 3. The third kappa shape index (κ3) is 2.00. The van der Waals surface area contributed by atoms with E-state index < -0.39 is 0 Å². The van der Waals surface area contributed by atoms with E-state index in [0.717, 1.165) is 38.0 Å². The molecule has 0 N–H and O–H groups in total. The molecule has 3 heteroatoms. The molecule has 0 aromatic carbocycles. The van der Waals surface area contributed by atoms with Crippen molar-refractivity contribution in [3.63, 3.8) is 0 Å². The lowest BCUT2D eigenvalue weighted by molar-refractivity contribution is -0.129. The number of Topliss-reactive ketones (excluding diaryl/α,β-unsaturated/α-hetero) is 1. The molecule has 2 atom stereocenters. The lowest BCUT2D eigenvalue weighted by atomic mass is 9.81. The number of ketones is 1. The molecule has 0 spiro atoms. The fourth-order valence-electron chi connectivity index (χ4n) is 3.25. The van der Waals surface area contributed by atoms with E-state index in [4.69, 9.17) is 0 Å². The standard InChI is InChI=1S/C14H18N2O/c17-13-7-4-10-16-9-3-5-11(14(13)16)12-6-1-2-8-15-12/h1-2,6,8,11,14H,3-5,7,9-10H2. The van der Waals surface area contributed by atoms with Gasteiger partial charge in [-0.05, 0) is 44.5 Å². The van der Waals surface area contributed by atoms with Crippen molar-refractivity contribution in [2.24, 2.45) is 0 Å². The van der Waals surface area contributed by atoms with E-state index in [2.05, 4.69) is 16.0 Å². The first kappa shape index (κ1) is 10.9. The van der Waals surface area contributed by atoms with Crippen molar-refractivity contribution in [3.05, 3.63) is 30.1 Å². The highest BCUT2D eigenvalue weighted by molar-refractivity contribution is 5.85. The van der Waals surface area contributed by atoms with Crippen LogP contribution in [0.25, 0.3) is 0 Å². The van der Waals surface area contributed by atoms with Crippen molar-refractivity contribution >= 4 is 5.78 Å². The van der Waals surface area contributed by atoms with E-state index in [9.17, 15) is 4.79 Å². The van der Waals surface area contributed by atoms with Gasteiger partial charge in [-0.25, -0.2) is 0 Å². The summed E-state index contributed by atoms with van der Waals surface area (Å²) in [5.41, 5.74) is 1.09. The average molecular weight is 230 g/mol. The molecule has 2 fully saturated rings. The minimum atomic E-state index is 0.104. The van der Waals surface area contributed by atoms with Crippen molar-refractivity contribution in [1.29, 1.82) is 0 Å². The summed E-state index contributed by atoms with van der Waals surface area (Å²) in [5.74, 6) is 0.740. The van der Waals surface area contributed by atoms with Crippen molar-refractivity contribution in [3.8, 4) is 0 Å². The van der Waals surface area contributed by atoms with Crippen LogP contribution in [0.2, 0.25) is 0 Å². The Morgan fingerprint density at radius 2 is 2.12 bits per heavy atom. The third-order valence-electron chi connectivity index (χ3n) is 4.00. The van der Waals surface area contributed by atoms with E-state index >= 15 is 0 Å². The summed E-state index contributed by atoms with van der Waals surface area (Å²) >= 11 is 0. The first-order chi connectivity index (χ1) is 8.36. The lowest BCUT2D eigenvalue weighted by Gasteiger charge is -2.42. The third-order valence-corrected chi connectivity index (χ3v) is 4.00. The predicted octanol–water partition coefficient (Wildman–Crippen LogP) is 1.99. The van der Waals surface area contributed by atoms with Gasteiger partial charge < -0.3 is 0 Å². The summed E-state index contributed by atoms with van der Waals surface area (Å²) in [4.78, 5) is 19.0. The summed E-state index contributed by atoms with van der Waals surface area (Å²) in [5, 5.41) is 0. The van der Waals surface area contributed by atoms with Crippen LogP contribution in [0.3, 0.4) is 0 Å². The second-order valence-corrected chi connectivity index (χ2v) is 5.05. The molecule has 0 bridgehead atoms. The minimum absolute atomic E-state index is 0.104. The van der Waals surface area contributed by atoms with Crippen LogP contribution in [0, 0.1) is 0 Å². The fourth-order valence-corrected chi connectivity index (χ4v) is 3.25. The van der Waals surface area contributed by atoms with E-state index in [1.165, 1.54) is 6.42 Å². The largest absolute Gasteiger partial charge is 0.298 e. The van der Waals surface area contributed by atoms with Gasteiger partial charge in [-0.2, -0.15) is 0 Å². The van der Waals surface area contributed by atoms with E-state index in [1.54, 1.807) is 0 Å². The van der Waals surface area contributed by atoms with Crippen LogP contribution in [0.4, 0.5) is 0 Å². The molecule has 1 aromatic heterocycles. The highest BCUT2D eigenvalue weighted by Gasteiger charge is 2.39. The Bertz CT molecular complexity index is 402. The maximum absolute atomic E-state index is 12.1. The number of piperidine rings is 2. The van der Waals surface area contributed by atoms with E-state index in [-0.39, 0.29) is 6.04 Å². The van der Waals surface area contributed by atoms with Crippen molar-refractivity contribution in [2.75, 3.05) is 13.1 Å². The first-order valence-corrected chi connectivity index (χ1v) is 6.54. The molecule has 0 saturated carbocycles. The summed E-state index contributed by atoms with van der Waals surface area (Å²) in [6.45, 7) is 2.17. The SMILES string of the molecule is O=C1CCCN2CCCC(c3ccccn3)C12. The van der Waals surface area contributed by atoms with E-state index in [1.807, 2.05) is 18.3 Å². The quantitative estimate of drug-likeness (QED) is 0.739. The van der Waals surface area contributed by atoms with Gasteiger partial charge in [0.15, 0.2) is 5.78 Å². The molecule has 2 aliphatic heterocycles. The number of hydrogen-bond donors (Lipinski definition) is 0. The van der Waals surface area contributed by atoms with Gasteiger partial charge in [0.2, 0.25) is 0 Å². The number of rotatable bonds is 1. The first-order valence-electron chi connectivity index (χ1n) is 6.54. The predicted molar refractivity (Wildman–Crippen MR) is 65.8 cm³/mol. The Labute approximate surface area is 102 Å². The molecule has 3 nitrogen and oxygen atoms in total. The molecule has 2 saturated heterocycles. The number of pyridine rings is 1. The molecule has 17 heavy (non-hydrogen) atoms. The Balaban J connectivity index is 1.90. The van der Waals surface area contributed by atoms with Gasteiger partial charge in [-0.15, -0.1) is 0 Å². The monoisotopic (exact) mass is 230 g/mol. The van der Waals surface area contributed by atoms with Gasteiger partial charge in [-0.1, -0.05) is 6.07 Å². The Morgan fingerprint density at radius 1 is 1.24 bits per heavy atom. The van der Waals surface area contributed by atoms with Gasteiger partial charge in [0.1, 0.15) is 0 Å². The zero-order valence-electron chi connectivity index (χ0n) is 10.0. The smallest absolute Gasteiger partial charge is 0.150 e. The Kier molecular flexibility index (Phi) is 2.93. The highest BCUT2D eigenvalue weighted by atomic mass is 16.1. The minimum Gasteiger partial charge on any atom is -0.298 e. The maximum atomic E-state index is 12.1. The summed E-state index contributed by atoms with van der Waals surface area (Å²) < 4.78 is 0. The number of carbonyl (C=O) groups excluding carboxylic acids is 1. The van der Waals surface area contributed by atoms with Crippen molar-refractivity contribution in [1.82, 2.24) is 9.88 Å². The van der Waals surface area contributed by atoms with Crippen LogP contribution in [0.5, 0.6) is 0 Å². The number of carbonyl (C=O) groups is 1. The molecule has 2 aliphatic rings. The molecule has 3 heterocycles. The van der Waals surface area contributed by atoms with Gasteiger partial charge in [0.05, 0.1) is 6.04 Å². The average Bonchev–Trinajstić information content (AvgIpc) is 2.39. The van der Waals surface area contributed by atoms with Gasteiger partial charge in [0, 0.05) is 24.2 Å². The second-order valence-electron chi connectivity index (χ2n) is 5.05. The molecule has 3 rings (SSSR count). The molecule has 1 aromatic rings. The topological polar surface area (TPSA) is 33.2 Å².